The zero-order valence-electron chi connectivity index (χ0n) is 27.9. The summed E-state index contributed by atoms with van der Waals surface area (Å²) < 4.78 is 63.6. The van der Waals surface area contributed by atoms with Crippen LogP contribution in [0.1, 0.15) is 36.5 Å². The van der Waals surface area contributed by atoms with Crippen molar-refractivity contribution in [1.29, 1.82) is 0 Å². The second-order valence-corrected chi connectivity index (χ2v) is 12.5. The fraction of sp³-hybridized carbons (Fsp3) is 0.333. The van der Waals surface area contributed by atoms with Crippen molar-refractivity contribution in [2.24, 2.45) is 0 Å². The fourth-order valence-corrected chi connectivity index (χ4v) is 6.74. The van der Waals surface area contributed by atoms with E-state index in [9.17, 15) is 9.90 Å². The Morgan fingerprint density at radius 2 is 1.74 bits per heavy atom. The summed E-state index contributed by atoms with van der Waals surface area (Å²) >= 11 is 0. The zero-order chi connectivity index (χ0) is 35.5. The SMILES string of the molecule is [C-]#[N+]c1ccc2c(C(O)(CN3CCC(Oc4ccc(CC(=O)OCC)cc4OC)CC3)C(F)(F)F)cn(Cc3cccc4ccccc34)c2c1. The van der Waals surface area contributed by atoms with E-state index in [0.29, 0.717) is 41.1 Å². The summed E-state index contributed by atoms with van der Waals surface area (Å²) in [5.74, 6) is 0.571. The highest BCUT2D eigenvalue weighted by molar-refractivity contribution is 5.89. The number of rotatable bonds is 11. The number of likely N-dealkylation sites (tertiary alicyclic amines) is 1. The molecule has 0 spiro atoms. The van der Waals surface area contributed by atoms with Crippen molar-refractivity contribution >= 4 is 33.3 Å². The van der Waals surface area contributed by atoms with Crippen LogP contribution < -0.4 is 9.47 Å². The van der Waals surface area contributed by atoms with Crippen LogP contribution in [0.25, 0.3) is 26.5 Å². The molecule has 0 amide bonds. The lowest BCUT2D eigenvalue weighted by molar-refractivity contribution is -0.272. The molecule has 6 rings (SSSR count). The number of nitrogens with zero attached hydrogens (tertiary/aromatic N) is 3. The third-order valence-electron chi connectivity index (χ3n) is 9.29. The number of β-amino-alcohol motifs (C(OH)–C–C–N with tert-alkyl or cyclic N) is 1. The number of methoxy groups -OCH3 is 1. The number of esters is 1. The average molecular weight is 686 g/mol. The van der Waals surface area contributed by atoms with Crippen molar-refractivity contribution in [3.63, 3.8) is 0 Å². The highest BCUT2D eigenvalue weighted by Gasteiger charge is 2.57. The minimum atomic E-state index is -4.99. The molecule has 4 aromatic carbocycles. The summed E-state index contributed by atoms with van der Waals surface area (Å²) in [4.78, 5) is 17.0. The number of aromatic nitrogens is 1. The lowest BCUT2D eigenvalue weighted by Crippen LogP contribution is -2.53. The van der Waals surface area contributed by atoms with Gasteiger partial charge in [-0.15, -0.1) is 0 Å². The van der Waals surface area contributed by atoms with E-state index in [1.165, 1.54) is 25.4 Å². The zero-order valence-corrected chi connectivity index (χ0v) is 27.9. The van der Waals surface area contributed by atoms with Crippen molar-refractivity contribution in [1.82, 2.24) is 9.47 Å². The molecule has 8 nitrogen and oxygen atoms in total. The van der Waals surface area contributed by atoms with Crippen molar-refractivity contribution in [3.05, 3.63) is 113 Å². The van der Waals surface area contributed by atoms with Gasteiger partial charge in [0.1, 0.15) is 6.10 Å². The molecule has 2 heterocycles. The molecule has 0 aliphatic carbocycles. The molecule has 0 bridgehead atoms. The van der Waals surface area contributed by atoms with Gasteiger partial charge in [0.2, 0.25) is 5.60 Å². The average Bonchev–Trinajstić information content (AvgIpc) is 3.47. The molecule has 1 N–H and O–H groups in total. The molecular weight excluding hydrogens is 647 g/mol. The quantitative estimate of drug-likeness (QED) is 0.113. The minimum Gasteiger partial charge on any atom is -0.493 e. The molecule has 1 unspecified atom stereocenters. The summed E-state index contributed by atoms with van der Waals surface area (Å²) in [5, 5.41) is 13.9. The first-order valence-corrected chi connectivity index (χ1v) is 16.5. The predicted molar refractivity (Wildman–Crippen MR) is 185 cm³/mol. The molecular formula is C39H38F3N3O5. The van der Waals surface area contributed by atoms with Crippen molar-refractivity contribution < 1.29 is 37.3 Å². The monoisotopic (exact) mass is 685 g/mol. The summed E-state index contributed by atoms with van der Waals surface area (Å²) in [6.45, 7) is 9.68. The van der Waals surface area contributed by atoms with E-state index in [-0.39, 0.29) is 55.7 Å². The molecule has 260 valence electrons. The lowest BCUT2D eigenvalue weighted by Gasteiger charge is -2.39. The molecule has 1 aliphatic heterocycles. The number of alkyl halides is 3. The normalized spacial score (nSPS) is 15.5. The van der Waals surface area contributed by atoms with Gasteiger partial charge in [0.15, 0.2) is 17.2 Å². The smallest absolute Gasteiger partial charge is 0.422 e. The second-order valence-electron chi connectivity index (χ2n) is 12.5. The highest BCUT2D eigenvalue weighted by Crippen LogP contribution is 2.44. The van der Waals surface area contributed by atoms with Crippen LogP contribution in [0.2, 0.25) is 0 Å². The third kappa shape index (κ3) is 7.13. The summed E-state index contributed by atoms with van der Waals surface area (Å²) in [6.07, 6.45) is -2.94. The summed E-state index contributed by atoms with van der Waals surface area (Å²) in [5.41, 5.74) is -1.08. The Morgan fingerprint density at radius 3 is 2.46 bits per heavy atom. The van der Waals surface area contributed by atoms with Gasteiger partial charge in [0.05, 0.1) is 26.7 Å². The topological polar surface area (TPSA) is 77.5 Å². The number of fused-ring (bicyclic) bond motifs is 2. The van der Waals surface area contributed by atoms with Crippen molar-refractivity contribution in [2.45, 2.75) is 50.6 Å². The van der Waals surface area contributed by atoms with Gasteiger partial charge in [0.25, 0.3) is 0 Å². The van der Waals surface area contributed by atoms with Crippen LogP contribution >= 0.6 is 0 Å². The molecule has 1 aliphatic rings. The first-order chi connectivity index (χ1) is 24.0. The van der Waals surface area contributed by atoms with E-state index in [4.69, 9.17) is 20.8 Å². The van der Waals surface area contributed by atoms with E-state index >= 15 is 13.2 Å². The number of ether oxygens (including phenoxy) is 3. The van der Waals surface area contributed by atoms with E-state index in [1.54, 1.807) is 40.7 Å². The van der Waals surface area contributed by atoms with Crippen molar-refractivity contribution in [3.8, 4) is 11.5 Å². The summed E-state index contributed by atoms with van der Waals surface area (Å²) in [7, 11) is 1.50. The Balaban J connectivity index is 1.23. The molecule has 1 atom stereocenters. The van der Waals surface area contributed by atoms with Crippen LogP contribution in [0.3, 0.4) is 0 Å². The van der Waals surface area contributed by atoms with E-state index in [0.717, 1.165) is 16.3 Å². The van der Waals surface area contributed by atoms with Crippen LogP contribution in [-0.4, -0.2) is 66.2 Å². The molecule has 0 saturated carbocycles. The molecule has 1 aromatic heterocycles. The molecule has 0 radical (unpaired) electrons. The van der Waals surface area contributed by atoms with E-state index in [2.05, 4.69) is 4.85 Å². The van der Waals surface area contributed by atoms with Crippen LogP contribution in [0.4, 0.5) is 18.9 Å². The Morgan fingerprint density at radius 1 is 0.980 bits per heavy atom. The number of piperidine rings is 1. The lowest BCUT2D eigenvalue weighted by atomic mass is 9.91. The summed E-state index contributed by atoms with van der Waals surface area (Å²) in [6, 6.07) is 23.4. The molecule has 1 fully saturated rings. The van der Waals surface area contributed by atoms with Gasteiger partial charge >= 0.3 is 12.1 Å². The second kappa shape index (κ2) is 14.4. The fourth-order valence-electron chi connectivity index (χ4n) is 6.74. The Bertz CT molecular complexity index is 2040. The van der Waals surface area contributed by atoms with Crippen molar-refractivity contribution in [2.75, 3.05) is 33.4 Å². The van der Waals surface area contributed by atoms with Gasteiger partial charge in [-0.05, 0) is 59.9 Å². The number of benzene rings is 4. The van der Waals surface area contributed by atoms with Crippen LogP contribution in [0.15, 0.2) is 85.1 Å². The maximum atomic E-state index is 15.1. The predicted octanol–water partition coefficient (Wildman–Crippen LogP) is 7.80. The number of carbonyl (C=O) groups is 1. The molecule has 1 saturated heterocycles. The van der Waals surface area contributed by atoms with Gasteiger partial charge in [-0.1, -0.05) is 60.7 Å². The first kappa shape index (κ1) is 34.8. The van der Waals surface area contributed by atoms with Gasteiger partial charge in [-0.25, -0.2) is 4.85 Å². The first-order valence-electron chi connectivity index (χ1n) is 16.5. The van der Waals surface area contributed by atoms with Gasteiger partial charge < -0.3 is 23.9 Å². The number of aliphatic hydroxyl groups is 1. The third-order valence-corrected chi connectivity index (χ3v) is 9.29. The molecule has 11 heteroatoms. The number of halogens is 3. The number of hydrogen-bond acceptors (Lipinski definition) is 6. The highest BCUT2D eigenvalue weighted by atomic mass is 19.4. The molecule has 50 heavy (non-hydrogen) atoms. The largest absolute Gasteiger partial charge is 0.493 e. The number of hydrogen-bond donors (Lipinski definition) is 1. The Hall–Kier alpha value is -5.05. The Labute approximate surface area is 288 Å². The van der Waals surface area contributed by atoms with E-state index in [1.807, 2.05) is 42.5 Å². The van der Waals surface area contributed by atoms with Gasteiger partial charge in [0, 0.05) is 48.8 Å². The Kier molecular flexibility index (Phi) is 10.0. The van der Waals surface area contributed by atoms with Crippen LogP contribution in [0.5, 0.6) is 11.5 Å². The molecule has 5 aromatic rings. The van der Waals surface area contributed by atoms with Gasteiger partial charge in [-0.2, -0.15) is 13.2 Å². The van der Waals surface area contributed by atoms with Crippen LogP contribution in [0, 0.1) is 6.57 Å². The standard InChI is InChI=1S/C39H38F3N3O5/c1-4-49-37(46)21-26-12-15-35(36(20-26)48-3)50-30-16-18-44(19-17-30)25-38(47,39(40,41)42)33-24-45(34-22-29(43-2)13-14-32(33)34)23-28-10-7-9-27-8-5-6-11-31(27)28/h5-15,20,22,24,30,47H,4,16-19,21,23,25H2,1,3H3. The maximum Gasteiger partial charge on any atom is 0.422 e. The van der Waals surface area contributed by atoms with Crippen LogP contribution in [-0.2, 0) is 28.1 Å². The van der Waals surface area contributed by atoms with Gasteiger partial charge in [-0.3, -0.25) is 9.69 Å². The number of carbonyl (C=O) groups excluding carboxylic acids is 1. The van der Waals surface area contributed by atoms with E-state index < -0.39 is 18.3 Å². The minimum absolute atomic E-state index is 0.0908. The maximum absolute atomic E-state index is 15.1.